The van der Waals surface area contributed by atoms with Gasteiger partial charge in [0.25, 0.3) is 5.69 Å². The Balaban J connectivity index is 1.41. The molecule has 2 bridgehead atoms. The third kappa shape index (κ3) is 5.11. The Bertz CT molecular complexity index is 680. The fourth-order valence-electron chi connectivity index (χ4n) is 6.38. The molecule has 1 N–H and O–H groups in total. The molecule has 2 aliphatic carbocycles. The lowest BCUT2D eigenvalue weighted by molar-refractivity contribution is -0.384. The van der Waals surface area contributed by atoms with E-state index in [1.165, 1.54) is 70.8 Å². The van der Waals surface area contributed by atoms with Crippen molar-refractivity contribution in [3.63, 3.8) is 0 Å². The number of fused-ring (bicyclic) bond motifs is 2. The summed E-state index contributed by atoms with van der Waals surface area (Å²) in [6, 6.07) is 8.63. The second-order valence-corrected chi connectivity index (χ2v) is 9.82. The van der Waals surface area contributed by atoms with Crippen molar-refractivity contribution >= 4 is 11.4 Å². The number of hydrogen-bond acceptors (Lipinski definition) is 4. The molecule has 160 valence electrons. The van der Waals surface area contributed by atoms with E-state index in [2.05, 4.69) is 17.1 Å². The standard InChI is InChI=1S/C24H37N3O2/c1-18(25-23-11-4-5-12-24(23)27(28)29)14-21-10-6-7-13-26(21)22-16-19-8-2-3-9-20(15-19)17-22/h4-5,11-12,18-22,25H,2-3,6-10,13-17H2,1H3/t18-,19-,20+,21-,22-/m1/s1. The van der Waals surface area contributed by atoms with E-state index in [0.717, 1.165) is 24.3 Å². The maximum atomic E-state index is 11.3. The summed E-state index contributed by atoms with van der Waals surface area (Å²) in [6.45, 7) is 3.43. The number of nitro groups is 1. The smallest absolute Gasteiger partial charge is 0.292 e. The van der Waals surface area contributed by atoms with Crippen molar-refractivity contribution in [1.82, 2.24) is 4.90 Å². The fourth-order valence-corrected chi connectivity index (χ4v) is 6.38. The van der Waals surface area contributed by atoms with Crippen LogP contribution in [0.1, 0.15) is 77.6 Å². The van der Waals surface area contributed by atoms with Gasteiger partial charge in [-0.05, 0) is 69.9 Å². The van der Waals surface area contributed by atoms with E-state index in [1.807, 2.05) is 12.1 Å². The second kappa shape index (κ2) is 9.46. The Labute approximate surface area is 175 Å². The third-order valence-electron chi connectivity index (χ3n) is 7.62. The Morgan fingerprint density at radius 3 is 2.48 bits per heavy atom. The van der Waals surface area contributed by atoms with Crippen molar-refractivity contribution < 1.29 is 4.92 Å². The Morgan fingerprint density at radius 2 is 1.76 bits per heavy atom. The number of piperidine rings is 1. The first-order valence-electron chi connectivity index (χ1n) is 11.9. The van der Waals surface area contributed by atoms with E-state index in [-0.39, 0.29) is 16.7 Å². The lowest BCUT2D eigenvalue weighted by Crippen LogP contribution is -2.50. The first kappa shape index (κ1) is 20.6. The topological polar surface area (TPSA) is 58.4 Å². The minimum absolute atomic E-state index is 0.177. The monoisotopic (exact) mass is 399 g/mol. The van der Waals surface area contributed by atoms with Gasteiger partial charge in [0.2, 0.25) is 0 Å². The predicted octanol–water partition coefficient (Wildman–Crippen LogP) is 6.00. The molecule has 1 aliphatic heterocycles. The van der Waals surface area contributed by atoms with Gasteiger partial charge >= 0.3 is 0 Å². The molecule has 0 unspecified atom stereocenters. The second-order valence-electron chi connectivity index (χ2n) is 9.82. The highest BCUT2D eigenvalue weighted by molar-refractivity contribution is 5.61. The molecule has 1 aromatic rings. The number of benzene rings is 1. The van der Waals surface area contributed by atoms with E-state index in [0.29, 0.717) is 11.7 Å². The summed E-state index contributed by atoms with van der Waals surface area (Å²) in [5, 5.41) is 14.8. The van der Waals surface area contributed by atoms with E-state index >= 15 is 0 Å². The summed E-state index contributed by atoms with van der Waals surface area (Å²) in [5.74, 6) is 1.90. The molecule has 4 rings (SSSR count). The average Bonchev–Trinajstić information content (AvgIpc) is 2.88. The van der Waals surface area contributed by atoms with Crippen LogP contribution in [0.4, 0.5) is 11.4 Å². The van der Waals surface area contributed by atoms with Gasteiger partial charge in [0.15, 0.2) is 0 Å². The number of hydrogen-bond donors (Lipinski definition) is 1. The highest BCUT2D eigenvalue weighted by Gasteiger charge is 2.37. The van der Waals surface area contributed by atoms with Gasteiger partial charge in [-0.1, -0.05) is 44.2 Å². The zero-order chi connectivity index (χ0) is 20.2. The summed E-state index contributed by atoms with van der Waals surface area (Å²) < 4.78 is 0. The van der Waals surface area contributed by atoms with Crippen molar-refractivity contribution in [2.45, 2.75) is 95.7 Å². The Hall–Kier alpha value is -1.62. The lowest BCUT2D eigenvalue weighted by atomic mass is 9.76. The summed E-state index contributed by atoms with van der Waals surface area (Å²) in [6.07, 6.45) is 15.0. The molecule has 5 heteroatoms. The van der Waals surface area contributed by atoms with Gasteiger partial charge in [0.1, 0.15) is 5.69 Å². The van der Waals surface area contributed by atoms with Crippen LogP contribution in [-0.4, -0.2) is 34.5 Å². The number of para-hydroxylation sites is 2. The van der Waals surface area contributed by atoms with Crippen LogP contribution in [0, 0.1) is 22.0 Å². The number of nitrogens with one attached hydrogen (secondary N) is 1. The number of rotatable bonds is 6. The van der Waals surface area contributed by atoms with Gasteiger partial charge in [-0.15, -0.1) is 0 Å². The fraction of sp³-hybridized carbons (Fsp3) is 0.750. The molecule has 3 aliphatic rings. The van der Waals surface area contributed by atoms with Gasteiger partial charge in [-0.2, -0.15) is 0 Å². The zero-order valence-electron chi connectivity index (χ0n) is 17.9. The van der Waals surface area contributed by atoms with Crippen molar-refractivity contribution in [2.24, 2.45) is 11.8 Å². The molecule has 1 aromatic carbocycles. The highest BCUT2D eigenvalue weighted by atomic mass is 16.6. The van der Waals surface area contributed by atoms with Crippen LogP contribution in [0.2, 0.25) is 0 Å². The van der Waals surface area contributed by atoms with Crippen LogP contribution in [0.5, 0.6) is 0 Å². The van der Waals surface area contributed by atoms with Crippen LogP contribution in [0.25, 0.3) is 0 Å². The molecular weight excluding hydrogens is 362 g/mol. The molecule has 29 heavy (non-hydrogen) atoms. The van der Waals surface area contributed by atoms with Crippen LogP contribution in [0.3, 0.4) is 0 Å². The highest BCUT2D eigenvalue weighted by Crippen LogP contribution is 2.42. The van der Waals surface area contributed by atoms with E-state index in [9.17, 15) is 10.1 Å². The maximum Gasteiger partial charge on any atom is 0.292 e. The van der Waals surface area contributed by atoms with Gasteiger partial charge in [0.05, 0.1) is 4.92 Å². The Kier molecular flexibility index (Phi) is 6.74. The molecule has 5 nitrogen and oxygen atoms in total. The lowest BCUT2D eigenvalue weighted by Gasteiger charge is -2.46. The molecule has 2 saturated carbocycles. The van der Waals surface area contributed by atoms with Crippen LogP contribution >= 0.6 is 0 Å². The molecule has 0 aromatic heterocycles. The van der Waals surface area contributed by atoms with Crippen molar-refractivity contribution in [3.8, 4) is 0 Å². The van der Waals surface area contributed by atoms with Crippen molar-refractivity contribution in [1.29, 1.82) is 0 Å². The summed E-state index contributed by atoms with van der Waals surface area (Å²) in [7, 11) is 0. The largest absolute Gasteiger partial charge is 0.377 e. The minimum atomic E-state index is -0.286. The quantitative estimate of drug-likeness (QED) is 0.471. The van der Waals surface area contributed by atoms with Gasteiger partial charge < -0.3 is 5.32 Å². The van der Waals surface area contributed by atoms with Crippen LogP contribution in [0.15, 0.2) is 24.3 Å². The molecule has 0 amide bonds. The molecule has 5 atom stereocenters. The van der Waals surface area contributed by atoms with Crippen LogP contribution < -0.4 is 5.32 Å². The number of nitrogens with zero attached hydrogens (tertiary/aromatic N) is 2. The molecule has 1 saturated heterocycles. The van der Waals surface area contributed by atoms with Gasteiger partial charge in [-0.25, -0.2) is 0 Å². The molecule has 1 heterocycles. The summed E-state index contributed by atoms with van der Waals surface area (Å²) >= 11 is 0. The first-order chi connectivity index (χ1) is 14.1. The number of nitro benzene ring substituents is 1. The molecule has 0 radical (unpaired) electrons. The molecular formula is C24H37N3O2. The van der Waals surface area contributed by atoms with E-state index in [4.69, 9.17) is 0 Å². The average molecular weight is 400 g/mol. The zero-order valence-corrected chi connectivity index (χ0v) is 17.9. The van der Waals surface area contributed by atoms with Crippen molar-refractivity contribution in [2.75, 3.05) is 11.9 Å². The Morgan fingerprint density at radius 1 is 1.07 bits per heavy atom. The predicted molar refractivity (Wildman–Crippen MR) is 118 cm³/mol. The molecule has 3 fully saturated rings. The normalized spacial score (nSPS) is 31.6. The van der Waals surface area contributed by atoms with E-state index in [1.54, 1.807) is 12.1 Å². The van der Waals surface area contributed by atoms with Crippen LogP contribution in [-0.2, 0) is 0 Å². The third-order valence-corrected chi connectivity index (χ3v) is 7.62. The number of likely N-dealkylation sites (tertiary alicyclic amines) is 1. The van der Waals surface area contributed by atoms with Crippen molar-refractivity contribution in [3.05, 3.63) is 34.4 Å². The van der Waals surface area contributed by atoms with Gasteiger partial charge in [-0.3, -0.25) is 15.0 Å². The van der Waals surface area contributed by atoms with E-state index < -0.39 is 0 Å². The molecule has 0 spiro atoms. The van der Waals surface area contributed by atoms with Gasteiger partial charge in [0, 0.05) is 24.2 Å². The first-order valence-corrected chi connectivity index (χ1v) is 11.9. The summed E-state index contributed by atoms with van der Waals surface area (Å²) in [5.41, 5.74) is 0.826. The SMILES string of the molecule is C[C@H](C[C@H]1CCCCN1[C@@H]1C[C@@H]2CCCC[C@@H](C2)C1)Nc1ccccc1[N+](=O)[O-]. The number of anilines is 1. The summed E-state index contributed by atoms with van der Waals surface area (Å²) in [4.78, 5) is 13.9. The minimum Gasteiger partial charge on any atom is -0.377 e. The maximum absolute atomic E-state index is 11.3.